The Morgan fingerprint density at radius 2 is 1.92 bits per heavy atom. The molecule has 1 aromatic carbocycles. The first-order valence-corrected chi connectivity index (χ1v) is 5.64. The number of sulfone groups is 1. The summed E-state index contributed by atoms with van der Waals surface area (Å²) in [5, 5.41) is 0.445. The minimum atomic E-state index is -3.14. The molecule has 0 amide bonds. The molecule has 0 aromatic heterocycles. The highest BCUT2D eigenvalue weighted by Crippen LogP contribution is 2.19. The van der Waals surface area contributed by atoms with E-state index >= 15 is 0 Å². The predicted molar refractivity (Wildman–Crippen MR) is 49.3 cm³/mol. The van der Waals surface area contributed by atoms with E-state index in [-0.39, 0.29) is 0 Å². The lowest BCUT2D eigenvalue weighted by atomic mass is 10.2. The Bertz CT molecular complexity index is 396. The van der Waals surface area contributed by atoms with E-state index in [1.807, 2.05) is 0 Å². The van der Waals surface area contributed by atoms with Gasteiger partial charge < -0.3 is 0 Å². The van der Waals surface area contributed by atoms with Crippen LogP contribution in [-0.2, 0) is 9.84 Å². The van der Waals surface area contributed by atoms with Crippen molar-refractivity contribution < 1.29 is 8.42 Å². The summed E-state index contributed by atoms with van der Waals surface area (Å²) in [6.07, 6.45) is 1.17. The van der Waals surface area contributed by atoms with Crippen molar-refractivity contribution >= 4 is 21.4 Å². The summed E-state index contributed by atoms with van der Waals surface area (Å²) >= 11 is 5.66. The van der Waals surface area contributed by atoms with Crippen LogP contribution in [0.5, 0.6) is 0 Å². The van der Waals surface area contributed by atoms with E-state index in [1.165, 1.54) is 12.3 Å². The van der Waals surface area contributed by atoms with Gasteiger partial charge in [0.15, 0.2) is 9.84 Å². The van der Waals surface area contributed by atoms with Gasteiger partial charge >= 0.3 is 0 Å². The molecule has 0 spiro atoms. The summed E-state index contributed by atoms with van der Waals surface area (Å²) in [6.45, 7) is 1.74. The molecule has 0 atom stereocenters. The second-order valence-corrected chi connectivity index (χ2v) is 5.10. The fourth-order valence-electron chi connectivity index (χ4n) is 0.973. The second kappa shape index (κ2) is 3.07. The molecule has 0 bridgehead atoms. The van der Waals surface area contributed by atoms with Crippen LogP contribution in [-0.4, -0.2) is 14.7 Å². The van der Waals surface area contributed by atoms with Gasteiger partial charge in [0.25, 0.3) is 0 Å². The highest BCUT2D eigenvalue weighted by Gasteiger charge is 2.10. The van der Waals surface area contributed by atoms with Gasteiger partial charge in [0.05, 0.1) is 4.90 Å². The number of hydrogen-bond donors (Lipinski definition) is 0. The van der Waals surface area contributed by atoms with Crippen LogP contribution in [0.3, 0.4) is 0 Å². The van der Waals surface area contributed by atoms with Crippen molar-refractivity contribution in [2.75, 3.05) is 6.26 Å². The Kier molecular flexibility index (Phi) is 2.44. The van der Waals surface area contributed by atoms with Crippen molar-refractivity contribution in [3.63, 3.8) is 0 Å². The first-order chi connectivity index (χ1) is 5.41. The lowest BCUT2D eigenvalue weighted by Gasteiger charge is -2.02. The number of benzene rings is 1. The van der Waals surface area contributed by atoms with E-state index in [1.54, 1.807) is 19.1 Å². The fourth-order valence-corrected chi connectivity index (χ4v) is 2.20. The van der Waals surface area contributed by atoms with Gasteiger partial charge in [-0.3, -0.25) is 0 Å². The van der Waals surface area contributed by atoms with Gasteiger partial charge in [-0.05, 0) is 24.6 Å². The Balaban J connectivity index is 3.43. The molecule has 2 nitrogen and oxygen atoms in total. The molecule has 0 fully saturated rings. The maximum atomic E-state index is 11.1. The van der Waals surface area contributed by atoms with Crippen LogP contribution in [0.25, 0.3) is 0 Å². The maximum absolute atomic E-state index is 11.1. The average molecular weight is 205 g/mol. The van der Waals surface area contributed by atoms with Gasteiger partial charge in [0.1, 0.15) is 0 Å². The monoisotopic (exact) mass is 204 g/mol. The summed E-state index contributed by atoms with van der Waals surface area (Å²) < 4.78 is 22.3. The van der Waals surface area contributed by atoms with Gasteiger partial charge in [0, 0.05) is 11.3 Å². The molecule has 1 aromatic rings. The fraction of sp³-hybridized carbons (Fsp3) is 0.250. The molecule has 0 saturated heterocycles. The molecule has 0 N–H and O–H groups in total. The third-order valence-electron chi connectivity index (χ3n) is 1.55. The summed E-state index contributed by atoms with van der Waals surface area (Å²) in [5.74, 6) is 0. The largest absolute Gasteiger partial charge is 0.224 e. The van der Waals surface area contributed by atoms with Gasteiger partial charge in [-0.2, -0.15) is 0 Å². The SMILES string of the molecule is Cc1ccc(Cl)cc1S(C)(=O)=O. The predicted octanol–water partition coefficient (Wildman–Crippen LogP) is 2.05. The summed E-state index contributed by atoms with van der Waals surface area (Å²) in [6, 6.07) is 4.83. The lowest BCUT2D eigenvalue weighted by molar-refractivity contribution is 0.601. The molecule has 0 radical (unpaired) electrons. The van der Waals surface area contributed by atoms with E-state index in [4.69, 9.17) is 11.6 Å². The van der Waals surface area contributed by atoms with Crippen molar-refractivity contribution in [2.24, 2.45) is 0 Å². The topological polar surface area (TPSA) is 34.1 Å². The molecule has 4 heteroatoms. The van der Waals surface area contributed by atoms with E-state index in [2.05, 4.69) is 0 Å². The van der Waals surface area contributed by atoms with Gasteiger partial charge in [-0.1, -0.05) is 17.7 Å². The van der Waals surface area contributed by atoms with Crippen LogP contribution in [0.4, 0.5) is 0 Å². The maximum Gasteiger partial charge on any atom is 0.175 e. The first-order valence-electron chi connectivity index (χ1n) is 3.37. The quantitative estimate of drug-likeness (QED) is 0.702. The van der Waals surface area contributed by atoms with Crippen LogP contribution < -0.4 is 0 Å². The van der Waals surface area contributed by atoms with Gasteiger partial charge in [0.2, 0.25) is 0 Å². The number of halogens is 1. The molecule has 0 aliphatic carbocycles. The van der Waals surface area contributed by atoms with Crippen LogP contribution in [0.15, 0.2) is 23.1 Å². The van der Waals surface area contributed by atoms with E-state index in [9.17, 15) is 8.42 Å². The number of hydrogen-bond acceptors (Lipinski definition) is 2. The molecule has 0 heterocycles. The van der Waals surface area contributed by atoms with Crippen molar-refractivity contribution in [3.05, 3.63) is 28.8 Å². The third kappa shape index (κ3) is 1.99. The summed E-state index contributed by atoms with van der Waals surface area (Å²) in [5.41, 5.74) is 0.724. The van der Waals surface area contributed by atoms with Crippen molar-refractivity contribution in [3.8, 4) is 0 Å². The van der Waals surface area contributed by atoms with Crippen LogP contribution >= 0.6 is 11.6 Å². The summed E-state index contributed by atoms with van der Waals surface area (Å²) in [7, 11) is -3.14. The number of rotatable bonds is 1. The third-order valence-corrected chi connectivity index (χ3v) is 3.02. The zero-order valence-electron chi connectivity index (χ0n) is 6.83. The summed E-state index contributed by atoms with van der Waals surface area (Å²) in [4.78, 5) is 0.301. The molecule has 0 aliphatic heterocycles. The first kappa shape index (κ1) is 9.55. The lowest BCUT2D eigenvalue weighted by Crippen LogP contribution is -1.99. The van der Waals surface area contributed by atoms with Crippen molar-refractivity contribution in [1.29, 1.82) is 0 Å². The zero-order valence-corrected chi connectivity index (χ0v) is 8.41. The molecule has 0 saturated carbocycles. The Morgan fingerprint density at radius 1 is 1.33 bits per heavy atom. The highest BCUT2D eigenvalue weighted by atomic mass is 35.5. The molecule has 12 heavy (non-hydrogen) atoms. The Hall–Kier alpha value is -0.540. The van der Waals surface area contributed by atoms with Crippen LogP contribution in [0, 0.1) is 6.92 Å². The van der Waals surface area contributed by atoms with E-state index < -0.39 is 9.84 Å². The van der Waals surface area contributed by atoms with Gasteiger partial charge in [-0.25, -0.2) is 8.42 Å². The highest BCUT2D eigenvalue weighted by molar-refractivity contribution is 7.90. The van der Waals surface area contributed by atoms with Crippen molar-refractivity contribution in [1.82, 2.24) is 0 Å². The second-order valence-electron chi connectivity index (χ2n) is 2.68. The van der Waals surface area contributed by atoms with Crippen LogP contribution in [0.1, 0.15) is 5.56 Å². The molecule has 66 valence electrons. The van der Waals surface area contributed by atoms with Crippen LogP contribution in [0.2, 0.25) is 5.02 Å². The molecular formula is C8H9ClO2S. The number of aryl methyl sites for hydroxylation is 1. The van der Waals surface area contributed by atoms with E-state index in [0.29, 0.717) is 9.92 Å². The standard InChI is InChI=1S/C8H9ClO2S/c1-6-3-4-7(9)5-8(6)12(2,10)11/h3-5H,1-2H3. The molecular weight excluding hydrogens is 196 g/mol. The normalized spacial score (nSPS) is 11.6. The molecule has 0 aliphatic rings. The zero-order chi connectivity index (χ0) is 9.35. The minimum Gasteiger partial charge on any atom is -0.224 e. The van der Waals surface area contributed by atoms with Crippen molar-refractivity contribution in [2.45, 2.75) is 11.8 Å². The van der Waals surface area contributed by atoms with E-state index in [0.717, 1.165) is 5.56 Å². The Morgan fingerprint density at radius 3 is 2.33 bits per heavy atom. The van der Waals surface area contributed by atoms with Gasteiger partial charge in [-0.15, -0.1) is 0 Å². The molecule has 1 rings (SSSR count). The minimum absolute atomic E-state index is 0.301. The average Bonchev–Trinajstić information content (AvgIpc) is 1.92. The Labute approximate surface area is 77.1 Å². The smallest absolute Gasteiger partial charge is 0.175 e. The molecule has 0 unspecified atom stereocenters.